The fourth-order valence-electron chi connectivity index (χ4n) is 4.25. The van der Waals surface area contributed by atoms with E-state index in [0.29, 0.717) is 33.0 Å². The number of furan rings is 1. The number of aromatic nitrogens is 1. The van der Waals surface area contributed by atoms with Gasteiger partial charge in [0.2, 0.25) is 5.76 Å². The minimum atomic E-state index is -0.833. The molecule has 0 fully saturated rings. The number of aliphatic carboxylic acids is 1. The highest BCUT2D eigenvalue weighted by Crippen LogP contribution is 2.31. The number of benzene rings is 2. The van der Waals surface area contributed by atoms with Gasteiger partial charge >= 0.3 is 11.9 Å². The molecule has 0 bridgehead atoms. The molecule has 1 unspecified atom stereocenters. The Hall–Kier alpha value is -5.49. The molecule has 44 heavy (non-hydrogen) atoms. The Labute approximate surface area is 255 Å². The summed E-state index contributed by atoms with van der Waals surface area (Å²) in [6.07, 6.45) is 4.82. The molecule has 11 nitrogen and oxygen atoms in total. The lowest BCUT2D eigenvalue weighted by atomic mass is 9.96. The number of methoxy groups -OCH3 is 1. The Morgan fingerprint density at radius 2 is 1.73 bits per heavy atom. The quantitative estimate of drug-likeness (QED) is 0.177. The van der Waals surface area contributed by atoms with Gasteiger partial charge in [-0.1, -0.05) is 48.3 Å². The molecule has 1 aliphatic rings. The normalized spacial score (nSPS) is 14.0. The molecule has 0 aliphatic carbocycles. The molecule has 0 spiro atoms. The van der Waals surface area contributed by atoms with Gasteiger partial charge in [0.15, 0.2) is 4.80 Å². The Kier molecular flexibility index (Phi) is 10.1. The molecule has 12 heteroatoms. The molecule has 2 aromatic carbocycles. The van der Waals surface area contributed by atoms with E-state index in [0.717, 1.165) is 12.5 Å². The molecule has 2 aromatic heterocycles. The van der Waals surface area contributed by atoms with Crippen LogP contribution in [0.4, 0.5) is 0 Å². The third-order valence-electron chi connectivity index (χ3n) is 6.10. The molecule has 4 aromatic rings. The zero-order valence-corrected chi connectivity index (χ0v) is 24.8. The predicted octanol–water partition coefficient (Wildman–Crippen LogP) is 3.88. The van der Waals surface area contributed by atoms with Crippen molar-refractivity contribution in [3.8, 4) is 11.5 Å². The monoisotopic (exact) mass is 616 g/mol. The van der Waals surface area contributed by atoms with Gasteiger partial charge in [-0.15, -0.1) is 0 Å². The fourth-order valence-corrected chi connectivity index (χ4v) is 5.29. The highest BCUT2D eigenvalue weighted by molar-refractivity contribution is 7.07. The van der Waals surface area contributed by atoms with E-state index in [9.17, 15) is 14.4 Å². The van der Waals surface area contributed by atoms with E-state index in [-0.39, 0.29) is 22.6 Å². The fraction of sp³-hybridized carbons (Fsp3) is 0.156. The maximum Gasteiger partial charge on any atom is 0.379 e. The van der Waals surface area contributed by atoms with E-state index in [2.05, 4.69) is 11.6 Å². The van der Waals surface area contributed by atoms with Gasteiger partial charge < -0.3 is 23.7 Å². The number of carboxylic acid groups (broad SMARTS) is 1. The predicted molar refractivity (Wildman–Crippen MR) is 161 cm³/mol. The zero-order valence-electron chi connectivity index (χ0n) is 24.0. The number of thiazole rings is 1. The van der Waals surface area contributed by atoms with Crippen molar-refractivity contribution in [2.24, 2.45) is 4.99 Å². The highest BCUT2D eigenvalue weighted by atomic mass is 32.1. The van der Waals surface area contributed by atoms with Crippen LogP contribution in [0.2, 0.25) is 0 Å². The van der Waals surface area contributed by atoms with Gasteiger partial charge in [-0.05, 0) is 60.5 Å². The lowest BCUT2D eigenvalue weighted by Crippen LogP contribution is -2.39. The third kappa shape index (κ3) is 7.28. The second-order valence-corrected chi connectivity index (χ2v) is 10.2. The average molecular weight is 617 g/mol. The van der Waals surface area contributed by atoms with E-state index < -0.39 is 23.9 Å². The average Bonchev–Trinajstić information content (AvgIpc) is 3.65. The first-order valence-corrected chi connectivity index (χ1v) is 13.9. The molecule has 0 saturated heterocycles. The topological polar surface area (TPSA) is 147 Å². The maximum absolute atomic E-state index is 13.7. The molecular weight excluding hydrogens is 588 g/mol. The summed E-state index contributed by atoms with van der Waals surface area (Å²) >= 11 is 1.23. The van der Waals surface area contributed by atoms with Crippen LogP contribution in [0.1, 0.15) is 41.6 Å². The Morgan fingerprint density at radius 3 is 2.32 bits per heavy atom. The van der Waals surface area contributed by atoms with Crippen molar-refractivity contribution in [1.29, 1.82) is 0 Å². The van der Waals surface area contributed by atoms with E-state index in [1.807, 2.05) is 24.3 Å². The Bertz CT molecular complexity index is 1880. The molecule has 1 N–H and O–H groups in total. The number of fused-ring (bicyclic) bond motifs is 1. The number of esters is 2. The second-order valence-electron chi connectivity index (χ2n) is 9.20. The van der Waals surface area contributed by atoms with E-state index in [1.165, 1.54) is 35.3 Å². The van der Waals surface area contributed by atoms with Gasteiger partial charge in [-0.2, -0.15) is 0 Å². The summed E-state index contributed by atoms with van der Waals surface area (Å²) in [6, 6.07) is 16.2. The Morgan fingerprint density at radius 1 is 1.07 bits per heavy atom. The van der Waals surface area contributed by atoms with Gasteiger partial charge in [0.1, 0.15) is 18.1 Å². The van der Waals surface area contributed by atoms with Crippen LogP contribution >= 0.6 is 11.3 Å². The first-order chi connectivity index (χ1) is 21.1. The molecule has 0 saturated carbocycles. The van der Waals surface area contributed by atoms with Gasteiger partial charge in [0.25, 0.3) is 11.5 Å². The molecular formula is C32H28N2O9S. The number of carbonyl (C=O) groups excluding carboxylic acids is 2. The minimum absolute atomic E-state index is 0.0710. The number of allylic oxidation sites excluding steroid dienone is 1. The molecule has 0 radical (unpaired) electrons. The van der Waals surface area contributed by atoms with Crippen molar-refractivity contribution < 1.29 is 38.1 Å². The van der Waals surface area contributed by atoms with E-state index in [1.54, 1.807) is 49.4 Å². The van der Waals surface area contributed by atoms with Crippen LogP contribution < -0.4 is 24.4 Å². The Balaban J connectivity index is 0.00000104. The van der Waals surface area contributed by atoms with E-state index in [4.69, 9.17) is 28.5 Å². The summed E-state index contributed by atoms with van der Waals surface area (Å²) in [4.78, 5) is 52.8. The molecule has 226 valence electrons. The minimum Gasteiger partial charge on any atom is -0.490 e. The third-order valence-corrected chi connectivity index (χ3v) is 7.08. The van der Waals surface area contributed by atoms with E-state index >= 15 is 0 Å². The highest BCUT2D eigenvalue weighted by Gasteiger charge is 2.33. The number of hydrogen-bond acceptors (Lipinski definition) is 10. The summed E-state index contributed by atoms with van der Waals surface area (Å²) in [6.45, 7) is 6.82. The summed E-state index contributed by atoms with van der Waals surface area (Å²) in [5.41, 5.74) is 1.80. The number of carbonyl (C=O) groups is 3. The van der Waals surface area contributed by atoms with Crippen LogP contribution in [0.3, 0.4) is 0 Å². The van der Waals surface area contributed by atoms with Gasteiger partial charge in [-0.3, -0.25) is 14.2 Å². The van der Waals surface area contributed by atoms with Crippen molar-refractivity contribution >= 4 is 35.3 Å². The molecule has 0 amide bonds. The second kappa shape index (κ2) is 14.1. The first kappa shape index (κ1) is 31.4. The van der Waals surface area contributed by atoms with Crippen molar-refractivity contribution in [3.63, 3.8) is 0 Å². The number of rotatable bonds is 8. The van der Waals surface area contributed by atoms with Crippen LogP contribution in [0.25, 0.3) is 6.08 Å². The van der Waals surface area contributed by atoms with Gasteiger partial charge in [0.05, 0.1) is 35.2 Å². The summed E-state index contributed by atoms with van der Waals surface area (Å²) < 4.78 is 23.0. The van der Waals surface area contributed by atoms with Crippen LogP contribution in [0.5, 0.6) is 11.5 Å². The van der Waals surface area contributed by atoms with Crippen molar-refractivity contribution in [3.05, 3.63) is 127 Å². The number of nitrogens with zero attached hydrogens (tertiary/aromatic N) is 2. The largest absolute Gasteiger partial charge is 0.490 e. The maximum atomic E-state index is 13.7. The lowest BCUT2D eigenvalue weighted by molar-refractivity contribution is -0.137. The zero-order chi connectivity index (χ0) is 31.8. The smallest absolute Gasteiger partial charge is 0.379 e. The standard InChI is InChI=1S/C30H24N2O7S.C2H4O2/c1-4-15-37-21-11-7-19(8-12-21)17-24-27(33)32-26(25(29(35)36-3)18(2)31-30(32)40-24)20-9-13-22(14-10-20)39-28(34)23-6-5-16-38-23;1-2(3)4/h4-14,16-17,26H,1,15H2,2-3H3;1H3,(H,3,4). The summed E-state index contributed by atoms with van der Waals surface area (Å²) in [5.74, 6) is -1.03. The van der Waals surface area contributed by atoms with Crippen LogP contribution in [-0.2, 0) is 14.3 Å². The van der Waals surface area contributed by atoms with Crippen LogP contribution in [-0.4, -0.2) is 41.3 Å². The van der Waals surface area contributed by atoms with Crippen molar-refractivity contribution in [2.45, 2.75) is 19.9 Å². The van der Waals surface area contributed by atoms with Crippen molar-refractivity contribution in [1.82, 2.24) is 4.57 Å². The number of hydrogen-bond donors (Lipinski definition) is 1. The number of carboxylic acids is 1. The number of ether oxygens (including phenoxy) is 3. The lowest BCUT2D eigenvalue weighted by Gasteiger charge is -2.24. The molecule has 3 heterocycles. The SMILES string of the molecule is C=CCOc1ccc(C=c2sc3n(c2=O)C(c2ccc(OC(=O)c4ccco4)cc2)C(C(=O)OC)=C(C)N=3)cc1.CC(=O)O. The summed E-state index contributed by atoms with van der Waals surface area (Å²) in [7, 11) is 1.28. The molecule has 5 rings (SSSR count). The van der Waals surface area contributed by atoms with Gasteiger partial charge in [0, 0.05) is 6.92 Å². The first-order valence-electron chi connectivity index (χ1n) is 13.1. The van der Waals surface area contributed by atoms with Crippen molar-refractivity contribution in [2.75, 3.05) is 13.7 Å². The van der Waals surface area contributed by atoms with Crippen LogP contribution in [0.15, 0.2) is 105 Å². The molecule has 1 atom stereocenters. The van der Waals surface area contributed by atoms with Gasteiger partial charge in [-0.25, -0.2) is 14.6 Å². The van der Waals surface area contributed by atoms with Crippen LogP contribution in [0, 0.1) is 0 Å². The summed E-state index contributed by atoms with van der Waals surface area (Å²) in [5, 5.41) is 7.42. The molecule has 1 aliphatic heterocycles.